The number of halogens is 1. The number of carboxylic acid groups (broad SMARTS) is 1. The zero-order valence-corrected chi connectivity index (χ0v) is 19.3. The molecule has 33 heavy (non-hydrogen) atoms. The van der Waals surface area contributed by atoms with Gasteiger partial charge in [0.25, 0.3) is 5.91 Å². The van der Waals surface area contributed by atoms with Crippen molar-refractivity contribution in [1.82, 2.24) is 19.5 Å². The number of carboxylic acids is 1. The predicted molar refractivity (Wildman–Crippen MR) is 123 cm³/mol. The Balaban J connectivity index is 1.93. The Morgan fingerprint density at radius 2 is 1.94 bits per heavy atom. The normalized spacial score (nSPS) is 15.8. The molecular weight excluding hydrogens is 448 g/mol. The molecule has 1 saturated heterocycles. The molecule has 1 aliphatic rings. The smallest absolute Gasteiger partial charge is 0.337 e. The van der Waals surface area contributed by atoms with Gasteiger partial charge >= 0.3 is 5.97 Å². The van der Waals surface area contributed by atoms with Crippen molar-refractivity contribution in [1.29, 1.82) is 0 Å². The number of hydrogen-bond acceptors (Lipinski definition) is 6. The Morgan fingerprint density at radius 3 is 2.58 bits per heavy atom. The summed E-state index contributed by atoms with van der Waals surface area (Å²) in [6, 6.07) is 4.78. The van der Waals surface area contributed by atoms with Gasteiger partial charge < -0.3 is 20.6 Å². The lowest BCUT2D eigenvalue weighted by Crippen LogP contribution is -2.64. The van der Waals surface area contributed by atoms with Gasteiger partial charge in [-0.3, -0.25) is 9.59 Å². The number of carbonyl (C=O) groups excluding carboxylic acids is 2. The van der Waals surface area contributed by atoms with Crippen molar-refractivity contribution in [3.63, 3.8) is 0 Å². The van der Waals surface area contributed by atoms with E-state index in [1.807, 2.05) is 0 Å². The van der Waals surface area contributed by atoms with Gasteiger partial charge in [0.2, 0.25) is 5.91 Å². The van der Waals surface area contributed by atoms with E-state index in [4.69, 9.17) is 17.3 Å². The van der Waals surface area contributed by atoms with E-state index >= 15 is 0 Å². The lowest BCUT2D eigenvalue weighted by molar-refractivity contribution is -0.145. The van der Waals surface area contributed by atoms with Gasteiger partial charge in [-0.05, 0) is 38.5 Å². The van der Waals surface area contributed by atoms with Crippen LogP contribution in [0.2, 0.25) is 5.02 Å². The molecule has 2 aromatic heterocycles. The highest BCUT2D eigenvalue weighted by Gasteiger charge is 2.45. The number of fused-ring (bicyclic) bond motifs is 1. The second-order valence-electron chi connectivity index (χ2n) is 8.41. The van der Waals surface area contributed by atoms with Crippen molar-refractivity contribution < 1.29 is 19.5 Å². The summed E-state index contributed by atoms with van der Waals surface area (Å²) in [5, 5.41) is 14.5. The maximum atomic E-state index is 13.5. The van der Waals surface area contributed by atoms with Crippen LogP contribution in [0.4, 0.5) is 11.5 Å². The number of aromatic carboxylic acids is 1. The average Bonchev–Trinajstić information content (AvgIpc) is 3.07. The van der Waals surface area contributed by atoms with Crippen LogP contribution in [-0.2, 0) is 9.59 Å². The number of carbonyl (C=O) groups is 3. The van der Waals surface area contributed by atoms with Crippen molar-refractivity contribution in [2.75, 3.05) is 23.7 Å². The number of anilines is 2. The fraction of sp³-hybridized carbons (Fsp3) is 0.318. The molecule has 0 atom stereocenters. The molecule has 3 heterocycles. The Hall–Kier alpha value is -3.66. The maximum absolute atomic E-state index is 13.5. The third kappa shape index (κ3) is 3.37. The molecule has 3 aromatic rings. The number of nitrogens with zero attached hydrogens (tertiary/aromatic N) is 5. The molecule has 3 N–H and O–H groups in total. The van der Waals surface area contributed by atoms with Gasteiger partial charge in [-0.15, -0.1) is 0 Å². The first-order valence-electron chi connectivity index (χ1n) is 10.2. The highest BCUT2D eigenvalue weighted by molar-refractivity contribution is 6.35. The van der Waals surface area contributed by atoms with Crippen LogP contribution in [0.5, 0.6) is 0 Å². The van der Waals surface area contributed by atoms with Crippen LogP contribution in [0.3, 0.4) is 0 Å². The van der Waals surface area contributed by atoms with E-state index in [0.717, 1.165) is 0 Å². The molecule has 0 unspecified atom stereocenters. The number of nitrogens with two attached hydrogens (primary N) is 1. The molecule has 1 aliphatic heterocycles. The minimum atomic E-state index is -1.16. The van der Waals surface area contributed by atoms with Crippen LogP contribution in [0.25, 0.3) is 16.8 Å². The summed E-state index contributed by atoms with van der Waals surface area (Å²) in [7, 11) is 0. The second-order valence-corrected chi connectivity index (χ2v) is 8.82. The third-order valence-electron chi connectivity index (χ3n) is 6.11. The van der Waals surface area contributed by atoms with E-state index in [2.05, 4.69) is 10.1 Å². The van der Waals surface area contributed by atoms with E-state index in [1.54, 1.807) is 32.9 Å². The number of rotatable bonds is 3. The monoisotopic (exact) mass is 470 g/mol. The summed E-state index contributed by atoms with van der Waals surface area (Å²) in [5.41, 5.74) is 7.30. The first kappa shape index (κ1) is 22.5. The highest BCUT2D eigenvalue weighted by atomic mass is 35.5. The summed E-state index contributed by atoms with van der Waals surface area (Å²) in [6.07, 6.45) is 1.30. The molecule has 11 heteroatoms. The topological polar surface area (TPSA) is 134 Å². The highest BCUT2D eigenvalue weighted by Crippen LogP contribution is 2.39. The Morgan fingerprint density at radius 1 is 1.24 bits per heavy atom. The molecule has 10 nitrogen and oxygen atoms in total. The van der Waals surface area contributed by atoms with E-state index in [-0.39, 0.29) is 42.0 Å². The molecular formula is C22H23ClN6O4. The molecule has 0 spiro atoms. The average molecular weight is 471 g/mol. The lowest BCUT2D eigenvalue weighted by Gasteiger charge is -2.46. The minimum absolute atomic E-state index is 0.0160. The fourth-order valence-electron chi connectivity index (χ4n) is 4.50. The number of nitrogen functional groups attached to an aromatic ring is 1. The van der Waals surface area contributed by atoms with Crippen molar-refractivity contribution in [2.24, 2.45) is 0 Å². The Labute approximate surface area is 194 Å². The number of aromatic nitrogens is 3. The predicted octanol–water partition coefficient (Wildman–Crippen LogP) is 2.61. The van der Waals surface area contributed by atoms with Crippen LogP contribution in [0.1, 0.15) is 36.7 Å². The van der Waals surface area contributed by atoms with Crippen molar-refractivity contribution in [3.8, 4) is 11.3 Å². The van der Waals surface area contributed by atoms with Crippen LogP contribution < -0.4 is 10.6 Å². The van der Waals surface area contributed by atoms with E-state index in [0.29, 0.717) is 27.4 Å². The van der Waals surface area contributed by atoms with Crippen molar-refractivity contribution in [2.45, 2.75) is 33.2 Å². The van der Waals surface area contributed by atoms with Gasteiger partial charge in [0.1, 0.15) is 17.4 Å². The first-order valence-corrected chi connectivity index (χ1v) is 10.6. The summed E-state index contributed by atoms with van der Waals surface area (Å²) in [4.78, 5) is 44.5. The summed E-state index contributed by atoms with van der Waals surface area (Å²) in [6.45, 7) is 6.91. The SMILES string of the molecule is CC(=O)N1CCN(c2c(C(=O)O)ccc(-c3cc(Cl)c4c(N)ncnn34)c2C)C(=O)C1(C)C. The van der Waals surface area contributed by atoms with Crippen LogP contribution in [0, 0.1) is 6.92 Å². The largest absolute Gasteiger partial charge is 0.478 e. The third-order valence-corrected chi connectivity index (χ3v) is 6.40. The molecule has 0 bridgehead atoms. The summed E-state index contributed by atoms with van der Waals surface area (Å²) < 4.78 is 1.54. The molecule has 1 aromatic carbocycles. The van der Waals surface area contributed by atoms with Crippen LogP contribution >= 0.6 is 11.6 Å². The molecule has 172 valence electrons. The fourth-order valence-corrected chi connectivity index (χ4v) is 4.78. The van der Waals surface area contributed by atoms with Crippen LogP contribution in [-0.4, -0.2) is 61.0 Å². The second kappa shape index (κ2) is 7.73. The minimum Gasteiger partial charge on any atom is -0.478 e. The van der Waals surface area contributed by atoms with E-state index in [1.165, 1.54) is 33.6 Å². The lowest BCUT2D eigenvalue weighted by atomic mass is 9.93. The Bertz CT molecular complexity index is 1330. The van der Waals surface area contributed by atoms with E-state index < -0.39 is 11.5 Å². The number of piperazine rings is 1. The van der Waals surface area contributed by atoms with Gasteiger partial charge in [0.15, 0.2) is 5.82 Å². The number of benzene rings is 1. The molecule has 4 rings (SSSR count). The number of amides is 2. The molecule has 2 amide bonds. The van der Waals surface area contributed by atoms with Crippen molar-refractivity contribution >= 4 is 46.4 Å². The van der Waals surface area contributed by atoms with Crippen molar-refractivity contribution in [3.05, 3.63) is 40.7 Å². The van der Waals surface area contributed by atoms with Gasteiger partial charge in [-0.1, -0.05) is 17.7 Å². The van der Waals surface area contributed by atoms with Gasteiger partial charge in [-0.25, -0.2) is 14.3 Å². The van der Waals surface area contributed by atoms with E-state index in [9.17, 15) is 19.5 Å². The summed E-state index contributed by atoms with van der Waals surface area (Å²) in [5.74, 6) is -1.54. The molecule has 0 aliphatic carbocycles. The van der Waals surface area contributed by atoms with Crippen LogP contribution in [0.15, 0.2) is 24.5 Å². The quantitative estimate of drug-likeness (QED) is 0.600. The zero-order valence-electron chi connectivity index (χ0n) is 18.6. The van der Waals surface area contributed by atoms with Gasteiger partial charge in [-0.2, -0.15) is 5.10 Å². The Kier molecular flexibility index (Phi) is 5.28. The molecule has 0 saturated carbocycles. The van der Waals surface area contributed by atoms with Gasteiger partial charge in [0, 0.05) is 25.6 Å². The molecule has 0 radical (unpaired) electrons. The van der Waals surface area contributed by atoms with Gasteiger partial charge in [0.05, 0.1) is 22.0 Å². The molecule has 1 fully saturated rings. The maximum Gasteiger partial charge on any atom is 0.337 e. The standard InChI is InChI=1S/C22H23ClN6O4/c1-11-13(16-9-15(23)18-19(24)25-10-26-29(16)18)5-6-14(20(31)32)17(11)27-7-8-28(12(2)30)22(3,4)21(27)33/h5-6,9-10H,7-8H2,1-4H3,(H,31,32)(H2,24,25,26). The number of hydrogen-bond donors (Lipinski definition) is 2. The zero-order chi connectivity index (χ0) is 24.2. The first-order chi connectivity index (χ1) is 15.5. The summed E-state index contributed by atoms with van der Waals surface area (Å²) >= 11 is 6.38.